The maximum Gasteiger partial charge on any atom is 0.195 e. The van der Waals surface area contributed by atoms with Crippen LogP contribution in [0.25, 0.3) is 11.4 Å². The highest BCUT2D eigenvalue weighted by Crippen LogP contribution is 2.17. The average molecular weight is 278 g/mol. The number of aromatic nitrogens is 4. The van der Waals surface area contributed by atoms with Crippen molar-refractivity contribution in [3.63, 3.8) is 0 Å². The van der Waals surface area contributed by atoms with Gasteiger partial charge in [0.05, 0.1) is 32.5 Å². The lowest BCUT2D eigenvalue weighted by Crippen LogP contribution is -2.32. The van der Waals surface area contributed by atoms with Gasteiger partial charge >= 0.3 is 0 Å². The molecule has 3 heterocycles. The minimum atomic E-state index is 0.0126. The van der Waals surface area contributed by atoms with E-state index in [1.165, 1.54) is 0 Å². The molecule has 1 aliphatic rings. The summed E-state index contributed by atoms with van der Waals surface area (Å²) in [5, 5.41) is 7.10. The third-order valence-electron chi connectivity index (χ3n) is 2.97. The predicted molar refractivity (Wildman–Crippen MR) is 71.2 cm³/mol. The lowest BCUT2D eigenvalue weighted by molar-refractivity contribution is -0.0935. The summed E-state index contributed by atoms with van der Waals surface area (Å²) in [6, 6.07) is 3.80. The first kappa shape index (κ1) is 12.5. The van der Waals surface area contributed by atoms with Gasteiger partial charge in [-0.3, -0.25) is 14.6 Å². The summed E-state index contributed by atoms with van der Waals surface area (Å²) in [6.07, 6.45) is 3.48. The molecule has 0 saturated carbocycles. The van der Waals surface area contributed by atoms with E-state index in [0.717, 1.165) is 11.4 Å². The van der Waals surface area contributed by atoms with Gasteiger partial charge in [-0.05, 0) is 24.4 Å². The Bertz CT molecular complexity index is 589. The van der Waals surface area contributed by atoms with Crippen LogP contribution < -0.4 is 0 Å². The Morgan fingerprint density at radius 1 is 1.37 bits per heavy atom. The molecule has 2 aromatic rings. The van der Waals surface area contributed by atoms with Gasteiger partial charge in [-0.1, -0.05) is 0 Å². The number of nitrogens with zero attached hydrogens (tertiary/aromatic N) is 3. The molecule has 0 aromatic carbocycles. The molecule has 0 bridgehead atoms. The standard InChI is InChI=1S/C12H14N4O2S/c19-12-15-14-11(9-1-3-13-4-2-9)16(12)7-10-8-17-5-6-18-10/h1-4,10H,5-8H2,(H,15,19). The summed E-state index contributed by atoms with van der Waals surface area (Å²) < 4.78 is 13.6. The van der Waals surface area contributed by atoms with E-state index in [9.17, 15) is 0 Å². The van der Waals surface area contributed by atoms with E-state index in [2.05, 4.69) is 15.2 Å². The molecule has 1 atom stereocenters. The minimum Gasteiger partial charge on any atom is -0.376 e. The largest absolute Gasteiger partial charge is 0.376 e. The van der Waals surface area contributed by atoms with E-state index in [4.69, 9.17) is 21.7 Å². The Morgan fingerprint density at radius 3 is 2.95 bits per heavy atom. The molecule has 1 aliphatic heterocycles. The van der Waals surface area contributed by atoms with Crippen molar-refractivity contribution in [1.29, 1.82) is 0 Å². The first-order chi connectivity index (χ1) is 9.34. The second kappa shape index (κ2) is 5.60. The number of ether oxygens (including phenoxy) is 2. The lowest BCUT2D eigenvalue weighted by Gasteiger charge is -2.23. The van der Waals surface area contributed by atoms with Crippen LogP contribution >= 0.6 is 12.2 Å². The first-order valence-electron chi connectivity index (χ1n) is 6.09. The molecule has 0 amide bonds. The maximum atomic E-state index is 5.65. The second-order valence-corrected chi connectivity index (χ2v) is 4.65. The zero-order valence-corrected chi connectivity index (χ0v) is 11.1. The van der Waals surface area contributed by atoms with Gasteiger partial charge in [0.1, 0.15) is 0 Å². The number of pyridine rings is 1. The molecular formula is C12H14N4O2S. The van der Waals surface area contributed by atoms with Crippen LogP contribution in [0.3, 0.4) is 0 Å². The summed E-state index contributed by atoms with van der Waals surface area (Å²) in [5.41, 5.74) is 0.971. The summed E-state index contributed by atoms with van der Waals surface area (Å²) in [4.78, 5) is 4.01. The topological polar surface area (TPSA) is 65.0 Å². The summed E-state index contributed by atoms with van der Waals surface area (Å²) in [7, 11) is 0. The Hall–Kier alpha value is -1.57. The van der Waals surface area contributed by atoms with Crippen LogP contribution in [-0.2, 0) is 16.0 Å². The quantitative estimate of drug-likeness (QED) is 0.860. The van der Waals surface area contributed by atoms with E-state index < -0.39 is 0 Å². The molecule has 7 heteroatoms. The fourth-order valence-corrected chi connectivity index (χ4v) is 2.26. The zero-order chi connectivity index (χ0) is 13.1. The molecule has 0 aliphatic carbocycles. The highest BCUT2D eigenvalue weighted by Gasteiger charge is 2.18. The average Bonchev–Trinajstić information content (AvgIpc) is 2.82. The lowest BCUT2D eigenvalue weighted by atomic mass is 10.2. The first-order valence-corrected chi connectivity index (χ1v) is 6.50. The van der Waals surface area contributed by atoms with Crippen molar-refractivity contribution < 1.29 is 9.47 Å². The number of H-pyrrole nitrogens is 1. The van der Waals surface area contributed by atoms with Crippen LogP contribution in [0.2, 0.25) is 0 Å². The molecular weight excluding hydrogens is 264 g/mol. The van der Waals surface area contributed by atoms with Gasteiger partial charge < -0.3 is 9.47 Å². The van der Waals surface area contributed by atoms with Crippen LogP contribution in [-0.4, -0.2) is 45.7 Å². The zero-order valence-electron chi connectivity index (χ0n) is 10.3. The maximum absolute atomic E-state index is 5.65. The Labute approximate surface area is 115 Å². The SMILES string of the molecule is S=c1[nH]nc(-c2ccncc2)n1CC1COCCO1. The molecule has 0 radical (unpaired) electrons. The molecule has 19 heavy (non-hydrogen) atoms. The number of nitrogens with one attached hydrogen (secondary N) is 1. The van der Waals surface area contributed by atoms with Crippen LogP contribution in [0.5, 0.6) is 0 Å². The number of rotatable bonds is 3. The van der Waals surface area contributed by atoms with Gasteiger partial charge in [0, 0.05) is 18.0 Å². The van der Waals surface area contributed by atoms with Crippen molar-refractivity contribution in [3.8, 4) is 11.4 Å². The molecule has 0 spiro atoms. The van der Waals surface area contributed by atoms with Crippen LogP contribution in [0, 0.1) is 4.77 Å². The molecule has 2 aromatic heterocycles. The van der Waals surface area contributed by atoms with Crippen LogP contribution in [0.15, 0.2) is 24.5 Å². The van der Waals surface area contributed by atoms with Crippen molar-refractivity contribution in [2.45, 2.75) is 12.6 Å². The van der Waals surface area contributed by atoms with Gasteiger partial charge in [0.15, 0.2) is 10.6 Å². The van der Waals surface area contributed by atoms with Gasteiger partial charge in [-0.15, -0.1) is 0 Å². The van der Waals surface area contributed by atoms with Crippen molar-refractivity contribution in [2.24, 2.45) is 0 Å². The van der Waals surface area contributed by atoms with E-state index in [1.54, 1.807) is 12.4 Å². The Morgan fingerprint density at radius 2 is 2.21 bits per heavy atom. The van der Waals surface area contributed by atoms with E-state index in [-0.39, 0.29) is 6.10 Å². The van der Waals surface area contributed by atoms with Gasteiger partial charge in [0.2, 0.25) is 0 Å². The van der Waals surface area contributed by atoms with Crippen LogP contribution in [0.1, 0.15) is 0 Å². The fraction of sp³-hybridized carbons (Fsp3) is 0.417. The molecule has 1 N–H and O–H groups in total. The van der Waals surface area contributed by atoms with Gasteiger partial charge in [-0.2, -0.15) is 5.10 Å². The summed E-state index contributed by atoms with van der Waals surface area (Å²) in [5.74, 6) is 0.793. The molecule has 100 valence electrons. The van der Waals surface area contributed by atoms with Crippen LogP contribution in [0.4, 0.5) is 0 Å². The third-order valence-corrected chi connectivity index (χ3v) is 3.28. The van der Waals surface area contributed by atoms with Crippen molar-refractivity contribution >= 4 is 12.2 Å². The molecule has 1 saturated heterocycles. The minimum absolute atomic E-state index is 0.0126. The predicted octanol–water partition coefficient (Wildman–Crippen LogP) is 1.42. The van der Waals surface area contributed by atoms with Crippen molar-refractivity contribution in [3.05, 3.63) is 29.3 Å². The molecule has 6 nitrogen and oxygen atoms in total. The number of hydrogen-bond donors (Lipinski definition) is 1. The van der Waals surface area contributed by atoms with E-state index >= 15 is 0 Å². The number of hydrogen-bond acceptors (Lipinski definition) is 5. The molecule has 1 unspecified atom stereocenters. The Kier molecular flexibility index (Phi) is 3.67. The normalized spacial score (nSPS) is 19.5. The van der Waals surface area contributed by atoms with E-state index in [0.29, 0.717) is 31.1 Å². The highest BCUT2D eigenvalue weighted by atomic mass is 32.1. The van der Waals surface area contributed by atoms with Gasteiger partial charge in [0.25, 0.3) is 0 Å². The number of aromatic amines is 1. The van der Waals surface area contributed by atoms with E-state index in [1.807, 2.05) is 16.7 Å². The summed E-state index contributed by atoms with van der Waals surface area (Å²) >= 11 is 5.27. The third kappa shape index (κ3) is 2.73. The van der Waals surface area contributed by atoms with Crippen molar-refractivity contribution in [2.75, 3.05) is 19.8 Å². The van der Waals surface area contributed by atoms with Gasteiger partial charge in [-0.25, -0.2) is 0 Å². The fourth-order valence-electron chi connectivity index (χ4n) is 2.05. The molecule has 1 fully saturated rings. The highest BCUT2D eigenvalue weighted by molar-refractivity contribution is 7.71. The molecule has 3 rings (SSSR count). The monoisotopic (exact) mass is 278 g/mol. The second-order valence-electron chi connectivity index (χ2n) is 4.27. The van der Waals surface area contributed by atoms with Crippen molar-refractivity contribution in [1.82, 2.24) is 19.7 Å². The smallest absolute Gasteiger partial charge is 0.195 e. The Balaban J connectivity index is 1.88. The summed E-state index contributed by atoms with van der Waals surface area (Å²) in [6.45, 7) is 2.50.